The number of hydrogen-bond donors (Lipinski definition) is 2. The maximum atomic E-state index is 14.8. The van der Waals surface area contributed by atoms with Crippen LogP contribution in [0, 0.1) is 23.7 Å². The van der Waals surface area contributed by atoms with Crippen LogP contribution in [0.5, 0.6) is 5.75 Å². The zero-order chi connectivity index (χ0) is 35.8. The third kappa shape index (κ3) is 5.54. The number of amides is 1. The van der Waals surface area contributed by atoms with Crippen LogP contribution in [-0.2, 0) is 21.1 Å². The molecular formula is C38H43F3N6O5. The molecule has 52 heavy (non-hydrogen) atoms. The molecule has 1 aromatic carbocycles. The molecule has 3 aromatic rings. The number of nitrogens with zero attached hydrogens (tertiary/aromatic N) is 5. The van der Waals surface area contributed by atoms with Crippen LogP contribution in [-0.4, -0.2) is 68.1 Å². The topological polar surface area (TPSA) is 132 Å². The highest BCUT2D eigenvalue weighted by Crippen LogP contribution is 2.58. The van der Waals surface area contributed by atoms with E-state index in [9.17, 15) is 27.9 Å². The Morgan fingerprint density at radius 1 is 1.00 bits per heavy atom. The van der Waals surface area contributed by atoms with E-state index in [-0.39, 0.29) is 23.9 Å². The Balaban J connectivity index is 0.996. The van der Waals surface area contributed by atoms with Crippen molar-refractivity contribution < 1.29 is 37.3 Å². The molecular weight excluding hydrogens is 677 g/mol. The molecule has 14 heteroatoms. The Hall–Kier alpha value is -4.20. The highest BCUT2D eigenvalue weighted by molar-refractivity contribution is 5.99. The van der Waals surface area contributed by atoms with E-state index >= 15 is 0 Å². The van der Waals surface area contributed by atoms with Crippen LogP contribution in [0.15, 0.2) is 42.9 Å². The number of ether oxygens (including phenoxy) is 2. The van der Waals surface area contributed by atoms with E-state index in [1.54, 1.807) is 11.1 Å². The average molecular weight is 721 g/mol. The highest BCUT2D eigenvalue weighted by atomic mass is 19.4. The predicted molar refractivity (Wildman–Crippen MR) is 181 cm³/mol. The van der Waals surface area contributed by atoms with E-state index in [1.165, 1.54) is 0 Å². The summed E-state index contributed by atoms with van der Waals surface area (Å²) in [6, 6.07) is 8.02. The Bertz CT molecular complexity index is 1830. The monoisotopic (exact) mass is 720 g/mol. The van der Waals surface area contributed by atoms with Crippen LogP contribution >= 0.6 is 0 Å². The number of carboxylic acid groups (broad SMARTS) is 1. The number of aliphatic carboxylic acids is 1. The SMILES string of the molecule is O=C(NC1(C(=O)O)C2CC3CC(C2)CC1C3)c1cnc(N2CC3(CCOCC3)c3cc(O[C@H]4CC[C@@H](n5cccn5)CC4)ccc32)nc1C(F)(F)F. The molecule has 0 radical (unpaired) electrons. The van der Waals surface area contributed by atoms with Crippen LogP contribution < -0.4 is 15.0 Å². The number of hydrogen-bond acceptors (Lipinski definition) is 8. The standard InChI is InChI=1S/C38H43F3N6O5/c39-38(40,41)32-29(33(48)45-37(34(49)50)24-15-22-14-23(17-24)18-25(37)16-22)20-42-35(44-32)46-21-36(8-12-51-13-9-36)30-19-28(6-7-31(30)46)52-27-4-2-26(3-5-27)47-11-1-10-43-47/h1,6-7,10-11,19-20,22-27H,2-5,8-9,12-18,21H2,(H,45,48)(H,49,50)/t22?,23?,24?,25?,26-,27+,37?. The normalized spacial score (nSPS) is 31.8. The smallest absolute Gasteiger partial charge is 0.434 e. The molecule has 1 saturated heterocycles. The fraction of sp³-hybridized carbons (Fsp3) is 0.605. The van der Waals surface area contributed by atoms with Gasteiger partial charge in [-0.3, -0.25) is 9.48 Å². The van der Waals surface area contributed by atoms with Crippen molar-refractivity contribution in [1.29, 1.82) is 0 Å². The largest absolute Gasteiger partial charge is 0.490 e. The maximum absolute atomic E-state index is 14.8. The minimum absolute atomic E-state index is 0.0449. The number of fused-ring (bicyclic) bond motifs is 2. The molecule has 2 aliphatic heterocycles. The van der Waals surface area contributed by atoms with Gasteiger partial charge in [-0.15, -0.1) is 0 Å². The number of carboxylic acids is 1. The zero-order valence-electron chi connectivity index (χ0n) is 28.9. The summed E-state index contributed by atoms with van der Waals surface area (Å²) in [6.07, 6.45) is 8.46. The van der Waals surface area contributed by atoms with Crippen molar-refractivity contribution in [1.82, 2.24) is 25.1 Å². The van der Waals surface area contributed by atoms with Gasteiger partial charge < -0.3 is 24.8 Å². The lowest BCUT2D eigenvalue weighted by Gasteiger charge is -2.59. The van der Waals surface area contributed by atoms with Gasteiger partial charge in [-0.1, -0.05) is 0 Å². The lowest BCUT2D eigenvalue weighted by molar-refractivity contribution is -0.163. The van der Waals surface area contributed by atoms with Crippen LogP contribution in [0.25, 0.3) is 0 Å². The van der Waals surface area contributed by atoms with Gasteiger partial charge >= 0.3 is 12.1 Å². The number of aromatic nitrogens is 4. The third-order valence-electron chi connectivity index (χ3n) is 13.2. The van der Waals surface area contributed by atoms with Crippen LogP contribution in [0.3, 0.4) is 0 Å². The average Bonchev–Trinajstić information content (AvgIpc) is 3.77. The number of carbonyl (C=O) groups is 2. The quantitative estimate of drug-likeness (QED) is 0.282. The Kier molecular flexibility index (Phi) is 8.05. The summed E-state index contributed by atoms with van der Waals surface area (Å²) in [5.41, 5.74) is -2.50. The van der Waals surface area contributed by atoms with Crippen LogP contribution in [0.4, 0.5) is 24.8 Å². The number of rotatable bonds is 7. The minimum Gasteiger partial charge on any atom is -0.490 e. The molecule has 276 valence electrons. The summed E-state index contributed by atoms with van der Waals surface area (Å²) < 4.78 is 58.6. The Morgan fingerprint density at radius 3 is 2.35 bits per heavy atom. The molecule has 5 saturated carbocycles. The van der Waals surface area contributed by atoms with Gasteiger partial charge in [0.2, 0.25) is 5.95 Å². The van der Waals surface area contributed by atoms with Gasteiger partial charge in [0.25, 0.3) is 5.91 Å². The fourth-order valence-electron chi connectivity index (χ4n) is 10.9. The first-order chi connectivity index (χ1) is 25.0. The summed E-state index contributed by atoms with van der Waals surface area (Å²) in [6.45, 7) is 1.37. The first-order valence-electron chi connectivity index (χ1n) is 18.7. The maximum Gasteiger partial charge on any atom is 0.434 e. The number of benzene rings is 1. The summed E-state index contributed by atoms with van der Waals surface area (Å²) in [7, 11) is 0. The van der Waals surface area contributed by atoms with Gasteiger partial charge in [0.15, 0.2) is 5.69 Å². The molecule has 1 spiro atoms. The number of carbonyl (C=O) groups excluding carboxylic acids is 1. The summed E-state index contributed by atoms with van der Waals surface area (Å²) in [4.78, 5) is 36.7. The Labute approximate surface area is 299 Å². The number of nitrogens with one attached hydrogen (secondary N) is 1. The van der Waals surface area contributed by atoms with E-state index < -0.39 is 40.3 Å². The van der Waals surface area contributed by atoms with Crippen molar-refractivity contribution in [3.8, 4) is 5.75 Å². The van der Waals surface area contributed by atoms with Gasteiger partial charge in [-0.2, -0.15) is 18.3 Å². The molecule has 0 unspecified atom stereocenters. The van der Waals surface area contributed by atoms with Gasteiger partial charge in [0.1, 0.15) is 11.3 Å². The van der Waals surface area contributed by atoms with E-state index in [0.29, 0.717) is 81.8 Å². The molecule has 1 amide bonds. The second-order valence-electron chi connectivity index (χ2n) is 16.1. The first-order valence-corrected chi connectivity index (χ1v) is 18.7. The lowest BCUT2D eigenvalue weighted by atomic mass is 9.48. The van der Waals surface area contributed by atoms with Crippen molar-refractivity contribution in [2.45, 2.75) is 99.9 Å². The van der Waals surface area contributed by atoms with Crippen molar-refractivity contribution in [2.24, 2.45) is 23.7 Å². The number of anilines is 2. The molecule has 4 bridgehead atoms. The summed E-state index contributed by atoms with van der Waals surface area (Å²) >= 11 is 0. The van der Waals surface area contributed by atoms with Crippen LogP contribution in [0.1, 0.15) is 98.3 Å². The number of halogens is 3. The second-order valence-corrected chi connectivity index (χ2v) is 16.1. The lowest BCUT2D eigenvalue weighted by Crippen LogP contribution is -2.70. The molecule has 0 atom stereocenters. The third-order valence-corrected chi connectivity index (χ3v) is 13.2. The highest BCUT2D eigenvalue weighted by Gasteiger charge is 2.62. The predicted octanol–water partition coefficient (Wildman–Crippen LogP) is 6.46. The second kappa shape index (κ2) is 12.4. The molecule has 11 nitrogen and oxygen atoms in total. The fourth-order valence-corrected chi connectivity index (χ4v) is 10.9. The van der Waals surface area contributed by atoms with Gasteiger partial charge in [0.05, 0.1) is 17.7 Å². The number of alkyl halides is 3. The molecule has 2 aromatic heterocycles. The van der Waals surface area contributed by atoms with Crippen molar-refractivity contribution in [2.75, 3.05) is 24.7 Å². The van der Waals surface area contributed by atoms with E-state index in [1.807, 2.05) is 35.1 Å². The molecule has 6 fully saturated rings. The van der Waals surface area contributed by atoms with Gasteiger partial charge in [0, 0.05) is 49.5 Å². The van der Waals surface area contributed by atoms with Gasteiger partial charge in [-0.25, -0.2) is 14.8 Å². The molecule has 2 N–H and O–H groups in total. The van der Waals surface area contributed by atoms with E-state index in [0.717, 1.165) is 49.6 Å². The molecule has 4 heterocycles. The van der Waals surface area contributed by atoms with E-state index in [2.05, 4.69) is 20.4 Å². The molecule has 10 rings (SSSR count). The molecule has 7 aliphatic rings. The van der Waals surface area contributed by atoms with Crippen molar-refractivity contribution in [3.05, 3.63) is 59.7 Å². The van der Waals surface area contributed by atoms with Crippen LogP contribution in [0.2, 0.25) is 0 Å². The summed E-state index contributed by atoms with van der Waals surface area (Å²) in [5, 5.41) is 17.5. The summed E-state index contributed by atoms with van der Waals surface area (Å²) in [5.74, 6) is -1.56. The van der Waals surface area contributed by atoms with Gasteiger partial charge in [-0.05, 0) is 124 Å². The van der Waals surface area contributed by atoms with E-state index in [4.69, 9.17) is 9.47 Å². The first kappa shape index (κ1) is 33.6. The minimum atomic E-state index is -4.99. The van der Waals surface area contributed by atoms with Crippen molar-refractivity contribution in [3.63, 3.8) is 0 Å². The Morgan fingerprint density at radius 2 is 1.71 bits per heavy atom. The molecule has 5 aliphatic carbocycles. The van der Waals surface area contributed by atoms with Crippen molar-refractivity contribution >= 4 is 23.5 Å². The zero-order valence-corrected chi connectivity index (χ0v) is 28.9.